The Labute approximate surface area is 171 Å². The third-order valence-corrected chi connectivity index (χ3v) is 5.67. The molecule has 0 atom stereocenters. The maximum absolute atomic E-state index is 14.2. The Morgan fingerprint density at radius 2 is 1.70 bits per heavy atom. The van der Waals surface area contributed by atoms with Crippen molar-refractivity contribution in [2.24, 2.45) is 0 Å². The molecule has 1 heterocycles. The van der Waals surface area contributed by atoms with E-state index in [-0.39, 0.29) is 33.8 Å². The molecule has 4 nitrogen and oxygen atoms in total. The molecule has 0 aliphatic rings. The van der Waals surface area contributed by atoms with Crippen LogP contribution in [-0.2, 0) is 22.6 Å². The summed E-state index contributed by atoms with van der Waals surface area (Å²) in [5.74, 6) is -0.643. The van der Waals surface area contributed by atoms with Crippen molar-refractivity contribution in [3.63, 3.8) is 0 Å². The summed E-state index contributed by atoms with van der Waals surface area (Å²) < 4.78 is 80.3. The highest BCUT2D eigenvalue weighted by atomic mass is 32.2. The van der Waals surface area contributed by atoms with Gasteiger partial charge in [-0.1, -0.05) is 30.3 Å². The molecule has 30 heavy (non-hydrogen) atoms. The predicted octanol–water partition coefficient (Wildman–Crippen LogP) is 5.27. The molecule has 0 spiro atoms. The van der Waals surface area contributed by atoms with E-state index in [0.29, 0.717) is 5.56 Å². The lowest BCUT2D eigenvalue weighted by molar-refractivity contribution is -0.143. The van der Waals surface area contributed by atoms with Gasteiger partial charge < -0.3 is 0 Å². The monoisotopic (exact) mass is 438 g/mol. The zero-order chi connectivity index (χ0) is 22.3. The van der Waals surface area contributed by atoms with Gasteiger partial charge in [-0.25, -0.2) is 12.8 Å². The Hall–Kier alpha value is -2.94. The van der Waals surface area contributed by atoms with Crippen molar-refractivity contribution in [3.05, 3.63) is 72.2 Å². The molecule has 0 saturated heterocycles. The molecule has 0 N–H and O–H groups in total. The molecule has 0 amide bonds. The standard InChI is InChI=1S/C21H18F4N2O2S/c1-4-11-27-20(21(23,24)25)18(15-6-5-13(2)17(22)12-15)19(26-27)14-7-9-16(10-8-14)30(3,28)29/h4-10,12H,1,11H2,2-3H3. The van der Waals surface area contributed by atoms with Crippen LogP contribution >= 0.6 is 0 Å². The van der Waals surface area contributed by atoms with Crippen LogP contribution in [0.1, 0.15) is 11.3 Å². The van der Waals surface area contributed by atoms with Crippen LogP contribution in [0.4, 0.5) is 17.6 Å². The number of halogens is 4. The van der Waals surface area contributed by atoms with Crippen molar-refractivity contribution in [1.82, 2.24) is 9.78 Å². The molecule has 9 heteroatoms. The molecular weight excluding hydrogens is 420 g/mol. The zero-order valence-electron chi connectivity index (χ0n) is 16.2. The number of sulfone groups is 1. The van der Waals surface area contributed by atoms with Crippen molar-refractivity contribution >= 4 is 9.84 Å². The SMILES string of the molecule is C=CCn1nc(-c2ccc(S(C)(=O)=O)cc2)c(-c2ccc(C)c(F)c2)c1C(F)(F)F. The third kappa shape index (κ3) is 4.16. The lowest BCUT2D eigenvalue weighted by Crippen LogP contribution is -2.15. The molecule has 158 valence electrons. The number of rotatable bonds is 5. The van der Waals surface area contributed by atoms with E-state index in [2.05, 4.69) is 11.7 Å². The summed E-state index contributed by atoms with van der Waals surface area (Å²) in [7, 11) is -3.48. The fraction of sp³-hybridized carbons (Fsp3) is 0.190. The van der Waals surface area contributed by atoms with Crippen LogP contribution in [-0.4, -0.2) is 24.5 Å². The number of nitrogens with zero attached hydrogens (tertiary/aromatic N) is 2. The number of aromatic nitrogens is 2. The first-order chi connectivity index (χ1) is 13.9. The molecule has 3 aromatic rings. The smallest absolute Gasteiger partial charge is 0.255 e. The van der Waals surface area contributed by atoms with E-state index >= 15 is 0 Å². The fourth-order valence-corrected chi connectivity index (χ4v) is 3.72. The van der Waals surface area contributed by atoms with Gasteiger partial charge in [0.25, 0.3) is 0 Å². The molecule has 0 aliphatic carbocycles. The maximum atomic E-state index is 14.2. The largest absolute Gasteiger partial charge is 0.433 e. The van der Waals surface area contributed by atoms with E-state index in [0.717, 1.165) is 17.0 Å². The molecule has 0 saturated carbocycles. The van der Waals surface area contributed by atoms with Gasteiger partial charge in [0.15, 0.2) is 15.5 Å². The van der Waals surface area contributed by atoms with Crippen LogP contribution in [0.15, 0.2) is 60.0 Å². The second kappa shape index (κ2) is 7.71. The summed E-state index contributed by atoms with van der Waals surface area (Å²) in [4.78, 5) is 0.0238. The first kappa shape index (κ1) is 21.8. The lowest BCUT2D eigenvalue weighted by atomic mass is 9.97. The summed E-state index contributed by atoms with van der Waals surface area (Å²) in [6.45, 7) is 4.77. The summed E-state index contributed by atoms with van der Waals surface area (Å²) in [5.41, 5.74) is -0.768. The van der Waals surface area contributed by atoms with Crippen molar-refractivity contribution < 1.29 is 26.0 Å². The van der Waals surface area contributed by atoms with E-state index < -0.39 is 27.5 Å². The Morgan fingerprint density at radius 1 is 1.10 bits per heavy atom. The topological polar surface area (TPSA) is 52.0 Å². The molecule has 3 rings (SSSR count). The van der Waals surface area contributed by atoms with E-state index in [9.17, 15) is 26.0 Å². The first-order valence-corrected chi connectivity index (χ1v) is 10.7. The van der Waals surface area contributed by atoms with Crippen LogP contribution in [0.3, 0.4) is 0 Å². The maximum Gasteiger partial charge on any atom is 0.433 e. The Balaban J connectivity index is 2.34. The third-order valence-electron chi connectivity index (χ3n) is 4.54. The van der Waals surface area contributed by atoms with Gasteiger partial charge in [-0.15, -0.1) is 6.58 Å². The highest BCUT2D eigenvalue weighted by molar-refractivity contribution is 7.90. The van der Waals surface area contributed by atoms with Crippen LogP contribution in [0.2, 0.25) is 0 Å². The number of alkyl halides is 3. The molecular formula is C21H18F4N2O2S. The molecule has 2 aromatic carbocycles. The summed E-state index contributed by atoms with van der Waals surface area (Å²) in [6, 6.07) is 9.18. The minimum Gasteiger partial charge on any atom is -0.255 e. The molecule has 0 bridgehead atoms. The van der Waals surface area contributed by atoms with Crippen LogP contribution in [0.5, 0.6) is 0 Å². The van der Waals surface area contributed by atoms with Gasteiger partial charge in [0.2, 0.25) is 0 Å². The van der Waals surface area contributed by atoms with E-state index in [1.54, 1.807) is 0 Å². The zero-order valence-corrected chi connectivity index (χ0v) is 17.0. The summed E-state index contributed by atoms with van der Waals surface area (Å²) in [6.07, 6.45) is -2.46. The lowest BCUT2D eigenvalue weighted by Gasteiger charge is -2.13. The fourth-order valence-electron chi connectivity index (χ4n) is 3.09. The number of benzene rings is 2. The predicted molar refractivity (Wildman–Crippen MR) is 106 cm³/mol. The van der Waals surface area contributed by atoms with Gasteiger partial charge in [0.1, 0.15) is 11.5 Å². The van der Waals surface area contributed by atoms with E-state index in [1.807, 2.05) is 0 Å². The van der Waals surface area contributed by atoms with Gasteiger partial charge in [-0.3, -0.25) is 4.68 Å². The van der Waals surface area contributed by atoms with Gasteiger partial charge in [0, 0.05) is 17.4 Å². The highest BCUT2D eigenvalue weighted by Crippen LogP contribution is 2.43. The number of aryl methyl sites for hydroxylation is 1. The highest BCUT2D eigenvalue weighted by Gasteiger charge is 2.40. The first-order valence-electron chi connectivity index (χ1n) is 8.79. The summed E-state index contributed by atoms with van der Waals surface area (Å²) >= 11 is 0. The van der Waals surface area contributed by atoms with Gasteiger partial charge in [-0.05, 0) is 36.2 Å². The minimum atomic E-state index is -4.77. The van der Waals surface area contributed by atoms with Crippen LogP contribution in [0, 0.1) is 12.7 Å². The normalized spacial score (nSPS) is 12.2. The number of hydrogen-bond donors (Lipinski definition) is 0. The molecule has 0 radical (unpaired) electrons. The molecule has 0 aliphatic heterocycles. The minimum absolute atomic E-state index is 0.0166. The van der Waals surface area contributed by atoms with E-state index in [1.165, 1.54) is 49.4 Å². The second-order valence-corrected chi connectivity index (χ2v) is 8.82. The van der Waals surface area contributed by atoms with Crippen molar-refractivity contribution in [2.45, 2.75) is 24.5 Å². The average molecular weight is 438 g/mol. The number of hydrogen-bond acceptors (Lipinski definition) is 3. The van der Waals surface area contributed by atoms with Crippen molar-refractivity contribution in [2.75, 3.05) is 6.26 Å². The summed E-state index contributed by atoms with van der Waals surface area (Å²) in [5, 5.41) is 4.11. The van der Waals surface area contributed by atoms with Crippen molar-refractivity contribution in [1.29, 1.82) is 0 Å². The van der Waals surface area contributed by atoms with Crippen LogP contribution < -0.4 is 0 Å². The van der Waals surface area contributed by atoms with Gasteiger partial charge in [-0.2, -0.15) is 18.3 Å². The Kier molecular flexibility index (Phi) is 5.60. The quantitative estimate of drug-likeness (QED) is 0.403. The molecule has 0 unspecified atom stereocenters. The van der Waals surface area contributed by atoms with Crippen molar-refractivity contribution in [3.8, 4) is 22.4 Å². The Bertz CT molecular complexity index is 1210. The molecule has 0 fully saturated rings. The van der Waals surface area contributed by atoms with Gasteiger partial charge >= 0.3 is 6.18 Å². The second-order valence-electron chi connectivity index (χ2n) is 6.80. The van der Waals surface area contributed by atoms with Crippen LogP contribution in [0.25, 0.3) is 22.4 Å². The number of allylic oxidation sites excluding steroid dienone is 1. The van der Waals surface area contributed by atoms with Gasteiger partial charge in [0.05, 0.1) is 11.4 Å². The van der Waals surface area contributed by atoms with E-state index in [4.69, 9.17) is 0 Å². The average Bonchev–Trinajstić information content (AvgIpc) is 3.03. The Morgan fingerprint density at radius 3 is 2.20 bits per heavy atom. The molecule has 1 aromatic heterocycles.